The van der Waals surface area contributed by atoms with Crippen molar-refractivity contribution in [2.45, 2.75) is 31.8 Å². The first kappa shape index (κ1) is 13.2. The number of likely N-dealkylation sites (N-methyl/N-ethyl adjacent to an activating group) is 1. The van der Waals surface area contributed by atoms with E-state index >= 15 is 0 Å². The average molecular weight is 276 g/mol. The van der Waals surface area contributed by atoms with E-state index in [1.165, 1.54) is 6.42 Å². The number of carbonyl (C=O) groups is 1. The molecule has 5 heteroatoms. The lowest BCUT2D eigenvalue weighted by molar-refractivity contribution is -0.127. The van der Waals surface area contributed by atoms with Gasteiger partial charge in [0.25, 0.3) is 0 Å². The minimum atomic E-state index is 0.0118. The second kappa shape index (κ2) is 5.71. The van der Waals surface area contributed by atoms with Gasteiger partial charge in [0.15, 0.2) is 11.5 Å². The predicted molar refractivity (Wildman–Crippen MR) is 74.7 cm³/mol. The molecule has 1 N–H and O–H groups in total. The van der Waals surface area contributed by atoms with Crippen molar-refractivity contribution in [1.82, 2.24) is 10.2 Å². The summed E-state index contributed by atoms with van der Waals surface area (Å²) in [6.07, 6.45) is 3.26. The molecule has 2 aliphatic rings. The van der Waals surface area contributed by atoms with Gasteiger partial charge in [-0.05, 0) is 44.1 Å². The van der Waals surface area contributed by atoms with E-state index in [0.717, 1.165) is 36.4 Å². The second-order valence-electron chi connectivity index (χ2n) is 5.40. The lowest BCUT2D eigenvalue weighted by Crippen LogP contribution is -2.47. The molecule has 1 amide bonds. The quantitative estimate of drug-likeness (QED) is 0.909. The third kappa shape index (κ3) is 2.72. The number of ether oxygens (including phenoxy) is 2. The second-order valence-corrected chi connectivity index (χ2v) is 5.40. The largest absolute Gasteiger partial charge is 0.454 e. The third-order valence-corrected chi connectivity index (χ3v) is 3.98. The number of likely N-dealkylation sites (tertiary alicyclic amines) is 1. The van der Waals surface area contributed by atoms with Crippen molar-refractivity contribution < 1.29 is 14.3 Å². The maximum absolute atomic E-state index is 12.2. The molecular formula is C15H20N2O3. The van der Waals surface area contributed by atoms with Gasteiger partial charge in [-0.3, -0.25) is 9.69 Å². The molecule has 3 rings (SSSR count). The smallest absolute Gasteiger partial charge is 0.237 e. The van der Waals surface area contributed by atoms with Crippen molar-refractivity contribution in [3.05, 3.63) is 23.8 Å². The summed E-state index contributed by atoms with van der Waals surface area (Å²) >= 11 is 0. The van der Waals surface area contributed by atoms with Crippen LogP contribution in [0, 0.1) is 0 Å². The van der Waals surface area contributed by atoms with E-state index in [4.69, 9.17) is 9.47 Å². The van der Waals surface area contributed by atoms with Crippen LogP contribution in [-0.2, 0) is 11.3 Å². The fourth-order valence-corrected chi connectivity index (χ4v) is 2.76. The van der Waals surface area contributed by atoms with Crippen LogP contribution in [0.3, 0.4) is 0 Å². The highest BCUT2D eigenvalue weighted by Gasteiger charge is 2.25. The zero-order chi connectivity index (χ0) is 13.9. The Morgan fingerprint density at radius 1 is 1.35 bits per heavy atom. The SMILES string of the molecule is CN1CCCCC1C(=O)NCc1ccc2c(c1)OCO2. The first-order valence-corrected chi connectivity index (χ1v) is 7.10. The summed E-state index contributed by atoms with van der Waals surface area (Å²) in [5, 5.41) is 3.01. The molecule has 108 valence electrons. The van der Waals surface area contributed by atoms with Crippen molar-refractivity contribution in [3.63, 3.8) is 0 Å². The molecule has 1 atom stereocenters. The third-order valence-electron chi connectivity index (χ3n) is 3.98. The van der Waals surface area contributed by atoms with Gasteiger partial charge in [0, 0.05) is 6.54 Å². The van der Waals surface area contributed by atoms with Gasteiger partial charge in [-0.1, -0.05) is 12.5 Å². The molecule has 0 radical (unpaired) electrons. The number of piperidine rings is 1. The van der Waals surface area contributed by atoms with E-state index in [0.29, 0.717) is 6.54 Å². The molecule has 0 bridgehead atoms. The van der Waals surface area contributed by atoms with Crippen LogP contribution in [0.2, 0.25) is 0 Å². The van der Waals surface area contributed by atoms with E-state index in [9.17, 15) is 4.79 Å². The van der Waals surface area contributed by atoms with Gasteiger partial charge in [-0.25, -0.2) is 0 Å². The Kier molecular flexibility index (Phi) is 3.78. The number of rotatable bonds is 3. The maximum atomic E-state index is 12.2. The van der Waals surface area contributed by atoms with Crippen LogP contribution in [0.1, 0.15) is 24.8 Å². The Morgan fingerprint density at radius 2 is 2.20 bits per heavy atom. The summed E-state index contributed by atoms with van der Waals surface area (Å²) in [6.45, 7) is 1.81. The van der Waals surface area contributed by atoms with Crippen LogP contribution >= 0.6 is 0 Å². The summed E-state index contributed by atoms with van der Waals surface area (Å²) in [5.74, 6) is 1.64. The van der Waals surface area contributed by atoms with Crippen molar-refractivity contribution in [3.8, 4) is 11.5 Å². The Morgan fingerprint density at radius 3 is 3.05 bits per heavy atom. The summed E-state index contributed by atoms with van der Waals surface area (Å²) in [6, 6.07) is 5.78. The molecule has 1 aromatic carbocycles. The lowest BCUT2D eigenvalue weighted by Gasteiger charge is -2.31. The van der Waals surface area contributed by atoms with Gasteiger partial charge in [0.2, 0.25) is 12.7 Å². The highest BCUT2D eigenvalue weighted by atomic mass is 16.7. The normalized spacial score (nSPS) is 21.8. The van der Waals surface area contributed by atoms with Gasteiger partial charge < -0.3 is 14.8 Å². The molecule has 0 saturated carbocycles. The van der Waals surface area contributed by atoms with E-state index in [1.807, 2.05) is 25.2 Å². The number of fused-ring (bicyclic) bond motifs is 1. The zero-order valence-corrected chi connectivity index (χ0v) is 11.7. The van der Waals surface area contributed by atoms with Crippen LogP contribution in [0.5, 0.6) is 11.5 Å². The van der Waals surface area contributed by atoms with E-state index < -0.39 is 0 Å². The number of hydrogen-bond donors (Lipinski definition) is 1. The molecule has 0 aliphatic carbocycles. The predicted octanol–water partition coefficient (Wildman–Crippen LogP) is 1.52. The van der Waals surface area contributed by atoms with E-state index in [2.05, 4.69) is 10.2 Å². The number of carbonyl (C=O) groups excluding carboxylic acids is 1. The van der Waals surface area contributed by atoms with Crippen LogP contribution in [0.25, 0.3) is 0 Å². The molecule has 1 aromatic rings. The number of nitrogens with one attached hydrogen (secondary N) is 1. The topological polar surface area (TPSA) is 50.8 Å². The lowest BCUT2D eigenvalue weighted by atomic mass is 10.0. The maximum Gasteiger partial charge on any atom is 0.237 e. The summed E-state index contributed by atoms with van der Waals surface area (Å²) in [4.78, 5) is 14.3. The van der Waals surface area contributed by atoms with Crippen LogP contribution < -0.4 is 14.8 Å². The Balaban J connectivity index is 1.57. The first-order valence-electron chi connectivity index (χ1n) is 7.10. The van der Waals surface area contributed by atoms with Crippen molar-refractivity contribution in [2.24, 2.45) is 0 Å². The number of nitrogens with zero attached hydrogens (tertiary/aromatic N) is 1. The molecular weight excluding hydrogens is 256 g/mol. The van der Waals surface area contributed by atoms with E-state index in [1.54, 1.807) is 0 Å². The Hall–Kier alpha value is -1.75. The molecule has 20 heavy (non-hydrogen) atoms. The molecule has 0 aromatic heterocycles. The number of benzene rings is 1. The zero-order valence-electron chi connectivity index (χ0n) is 11.7. The summed E-state index contributed by atoms with van der Waals surface area (Å²) in [5.41, 5.74) is 1.03. The van der Waals surface area contributed by atoms with Crippen molar-refractivity contribution in [2.75, 3.05) is 20.4 Å². The van der Waals surface area contributed by atoms with Gasteiger partial charge in [-0.15, -0.1) is 0 Å². The molecule has 5 nitrogen and oxygen atoms in total. The number of amides is 1. The summed E-state index contributed by atoms with van der Waals surface area (Å²) < 4.78 is 10.6. The number of hydrogen-bond acceptors (Lipinski definition) is 4. The van der Waals surface area contributed by atoms with Gasteiger partial charge >= 0.3 is 0 Å². The fraction of sp³-hybridized carbons (Fsp3) is 0.533. The van der Waals surface area contributed by atoms with Crippen LogP contribution in [-0.4, -0.2) is 37.2 Å². The van der Waals surface area contributed by atoms with Gasteiger partial charge in [-0.2, -0.15) is 0 Å². The minimum Gasteiger partial charge on any atom is -0.454 e. The highest BCUT2D eigenvalue weighted by Crippen LogP contribution is 2.32. The first-order chi connectivity index (χ1) is 9.74. The van der Waals surface area contributed by atoms with Gasteiger partial charge in [0.1, 0.15) is 0 Å². The van der Waals surface area contributed by atoms with Crippen molar-refractivity contribution >= 4 is 5.91 Å². The monoisotopic (exact) mass is 276 g/mol. The Bertz CT molecular complexity index is 504. The fourth-order valence-electron chi connectivity index (χ4n) is 2.76. The van der Waals surface area contributed by atoms with Gasteiger partial charge in [0.05, 0.1) is 6.04 Å². The molecule has 2 heterocycles. The van der Waals surface area contributed by atoms with Crippen LogP contribution in [0.15, 0.2) is 18.2 Å². The minimum absolute atomic E-state index is 0.0118. The molecule has 1 saturated heterocycles. The standard InChI is InChI=1S/C15H20N2O3/c1-17-7-3-2-4-12(17)15(18)16-9-11-5-6-13-14(8-11)20-10-19-13/h5-6,8,12H,2-4,7,9-10H2,1H3,(H,16,18). The molecule has 0 spiro atoms. The molecule has 2 aliphatic heterocycles. The average Bonchev–Trinajstić information content (AvgIpc) is 2.92. The molecule has 1 fully saturated rings. The highest BCUT2D eigenvalue weighted by molar-refractivity contribution is 5.81. The van der Waals surface area contributed by atoms with Crippen LogP contribution in [0.4, 0.5) is 0 Å². The summed E-state index contributed by atoms with van der Waals surface area (Å²) in [7, 11) is 2.02. The molecule has 1 unspecified atom stereocenters. The van der Waals surface area contributed by atoms with E-state index in [-0.39, 0.29) is 18.7 Å². The van der Waals surface area contributed by atoms with Crippen molar-refractivity contribution in [1.29, 1.82) is 0 Å². The Labute approximate surface area is 118 Å².